The first-order chi connectivity index (χ1) is 11.5. The van der Waals surface area contributed by atoms with Crippen LogP contribution in [0.2, 0.25) is 0 Å². The van der Waals surface area contributed by atoms with Crippen molar-refractivity contribution in [2.24, 2.45) is 5.92 Å². The molecule has 0 aromatic heterocycles. The number of amides is 2. The lowest BCUT2D eigenvalue weighted by Crippen LogP contribution is -2.52. The van der Waals surface area contributed by atoms with Gasteiger partial charge in [-0.25, -0.2) is 0 Å². The number of nitrogens with zero attached hydrogens (tertiary/aromatic N) is 2. The van der Waals surface area contributed by atoms with Crippen molar-refractivity contribution >= 4 is 27.7 Å². The number of benzene rings is 1. The number of carbonyl (C=O) groups excluding carboxylic acids is 2. The molecule has 2 aliphatic heterocycles. The van der Waals surface area contributed by atoms with Gasteiger partial charge in [0.25, 0.3) is 0 Å². The van der Waals surface area contributed by atoms with Gasteiger partial charge in [-0.1, -0.05) is 6.07 Å². The van der Waals surface area contributed by atoms with Gasteiger partial charge in [0.05, 0.1) is 24.0 Å². The zero-order valence-electron chi connectivity index (χ0n) is 13.9. The number of rotatable bonds is 3. The van der Waals surface area contributed by atoms with Crippen molar-refractivity contribution < 1.29 is 14.3 Å². The molecule has 2 heterocycles. The second kappa shape index (κ2) is 7.11. The molecule has 6 nitrogen and oxygen atoms in total. The van der Waals surface area contributed by atoms with E-state index in [-0.39, 0.29) is 30.3 Å². The number of hydrogen-bond acceptors (Lipinski definition) is 4. The second-order valence-electron chi connectivity index (χ2n) is 6.47. The fourth-order valence-corrected chi connectivity index (χ4v) is 4.07. The molecule has 2 aliphatic rings. The van der Waals surface area contributed by atoms with Crippen molar-refractivity contribution in [2.45, 2.75) is 19.0 Å². The maximum Gasteiger partial charge on any atom is 0.239 e. The predicted molar refractivity (Wildman–Crippen MR) is 93.6 cm³/mol. The van der Waals surface area contributed by atoms with Crippen molar-refractivity contribution in [1.82, 2.24) is 15.1 Å². The summed E-state index contributed by atoms with van der Waals surface area (Å²) >= 11 is 3.51. The van der Waals surface area contributed by atoms with E-state index in [0.717, 1.165) is 29.7 Å². The Hall–Kier alpha value is -1.60. The number of piperidine rings is 1. The quantitative estimate of drug-likeness (QED) is 0.835. The zero-order valence-corrected chi connectivity index (χ0v) is 15.5. The van der Waals surface area contributed by atoms with Gasteiger partial charge in [-0.2, -0.15) is 0 Å². The Labute approximate surface area is 150 Å². The minimum atomic E-state index is -0.170. The molecule has 0 saturated carbocycles. The summed E-state index contributed by atoms with van der Waals surface area (Å²) in [7, 11) is 3.34. The Bertz CT molecular complexity index is 652. The normalized spacial score (nSPS) is 25.0. The van der Waals surface area contributed by atoms with Gasteiger partial charge in [0.15, 0.2) is 0 Å². The molecule has 0 spiro atoms. The zero-order chi connectivity index (χ0) is 17.3. The third-order valence-electron chi connectivity index (χ3n) is 4.74. The molecule has 2 unspecified atom stereocenters. The number of carbonyl (C=O) groups is 2. The van der Waals surface area contributed by atoms with E-state index in [0.29, 0.717) is 6.54 Å². The summed E-state index contributed by atoms with van der Waals surface area (Å²) < 4.78 is 6.19. The standard InChI is InChI=1S/C17H22BrN3O3/c1-20-10-16(22)19-14-5-6-21(9-12(14)17(20)23)8-11-3-4-15(24-2)13(18)7-11/h3-4,7,12,14H,5-6,8-10H2,1-2H3,(H,19,22). The molecule has 0 radical (unpaired) electrons. The lowest BCUT2D eigenvalue weighted by atomic mass is 9.91. The lowest BCUT2D eigenvalue weighted by Gasteiger charge is -2.37. The van der Waals surface area contributed by atoms with Crippen LogP contribution in [0.25, 0.3) is 0 Å². The highest BCUT2D eigenvalue weighted by molar-refractivity contribution is 9.10. The van der Waals surface area contributed by atoms with E-state index < -0.39 is 0 Å². The number of halogens is 1. The Morgan fingerprint density at radius 1 is 1.38 bits per heavy atom. The minimum Gasteiger partial charge on any atom is -0.496 e. The molecule has 2 saturated heterocycles. The molecular formula is C17H22BrN3O3. The number of ether oxygens (including phenoxy) is 1. The van der Waals surface area contributed by atoms with E-state index in [4.69, 9.17) is 4.74 Å². The summed E-state index contributed by atoms with van der Waals surface area (Å²) in [4.78, 5) is 28.2. The van der Waals surface area contributed by atoms with E-state index in [9.17, 15) is 9.59 Å². The average molecular weight is 396 g/mol. The van der Waals surface area contributed by atoms with Crippen molar-refractivity contribution in [2.75, 3.05) is 33.8 Å². The molecule has 1 aromatic rings. The molecule has 2 fully saturated rings. The number of methoxy groups -OCH3 is 1. The van der Waals surface area contributed by atoms with Crippen LogP contribution < -0.4 is 10.1 Å². The van der Waals surface area contributed by atoms with E-state index in [1.165, 1.54) is 10.5 Å². The first-order valence-electron chi connectivity index (χ1n) is 8.07. The number of fused-ring (bicyclic) bond motifs is 1. The third kappa shape index (κ3) is 3.57. The van der Waals surface area contributed by atoms with Crippen molar-refractivity contribution in [3.8, 4) is 5.75 Å². The number of likely N-dealkylation sites (N-methyl/N-ethyl adjacent to an activating group) is 1. The van der Waals surface area contributed by atoms with Crippen molar-refractivity contribution in [3.63, 3.8) is 0 Å². The van der Waals surface area contributed by atoms with Crippen LogP contribution in [0.5, 0.6) is 5.75 Å². The van der Waals surface area contributed by atoms with Crippen LogP contribution in [-0.4, -0.2) is 61.4 Å². The first-order valence-corrected chi connectivity index (χ1v) is 8.86. The predicted octanol–water partition coefficient (Wildman–Crippen LogP) is 1.24. The summed E-state index contributed by atoms with van der Waals surface area (Å²) in [5.41, 5.74) is 1.17. The molecule has 1 N–H and O–H groups in total. The minimum absolute atomic E-state index is 0.0474. The van der Waals surface area contributed by atoms with Crippen LogP contribution in [0.4, 0.5) is 0 Å². The van der Waals surface area contributed by atoms with Crippen molar-refractivity contribution in [3.05, 3.63) is 28.2 Å². The second-order valence-corrected chi connectivity index (χ2v) is 7.32. The molecule has 2 amide bonds. The van der Waals surface area contributed by atoms with Gasteiger partial charge in [0.1, 0.15) is 5.75 Å². The van der Waals surface area contributed by atoms with Crippen LogP contribution in [0, 0.1) is 5.92 Å². The Balaban J connectivity index is 1.70. The fraction of sp³-hybridized carbons (Fsp3) is 0.529. The molecule has 2 atom stereocenters. The summed E-state index contributed by atoms with van der Waals surface area (Å²) in [6.45, 7) is 2.45. The Morgan fingerprint density at radius 2 is 2.17 bits per heavy atom. The van der Waals surface area contributed by atoms with E-state index in [1.807, 2.05) is 18.2 Å². The summed E-state index contributed by atoms with van der Waals surface area (Å²) in [6.07, 6.45) is 0.799. The van der Waals surface area contributed by atoms with Gasteiger partial charge in [-0.15, -0.1) is 0 Å². The number of nitrogens with one attached hydrogen (secondary N) is 1. The van der Waals surface area contributed by atoms with E-state index in [2.05, 4.69) is 26.1 Å². The molecule has 1 aromatic carbocycles. The topological polar surface area (TPSA) is 61.9 Å². The van der Waals surface area contributed by atoms with Gasteiger partial charge in [0.2, 0.25) is 11.8 Å². The van der Waals surface area contributed by atoms with E-state index >= 15 is 0 Å². The molecule has 3 rings (SSSR count). The average Bonchev–Trinajstić information content (AvgIpc) is 2.65. The molecule has 0 aliphatic carbocycles. The highest BCUT2D eigenvalue weighted by Crippen LogP contribution is 2.27. The molecule has 0 bridgehead atoms. The SMILES string of the molecule is COc1ccc(CN2CCC3NC(=O)CN(C)C(=O)C3C2)cc1Br. The Morgan fingerprint density at radius 3 is 2.88 bits per heavy atom. The van der Waals surface area contributed by atoms with Crippen LogP contribution in [0.3, 0.4) is 0 Å². The van der Waals surface area contributed by atoms with Gasteiger partial charge in [0, 0.05) is 32.7 Å². The van der Waals surface area contributed by atoms with Crippen LogP contribution >= 0.6 is 15.9 Å². The van der Waals surface area contributed by atoms with Crippen molar-refractivity contribution in [1.29, 1.82) is 0 Å². The monoisotopic (exact) mass is 395 g/mol. The maximum absolute atomic E-state index is 12.5. The van der Waals surface area contributed by atoms with E-state index in [1.54, 1.807) is 14.2 Å². The summed E-state index contributed by atoms with van der Waals surface area (Å²) in [6, 6.07) is 5.98. The summed E-state index contributed by atoms with van der Waals surface area (Å²) in [5.74, 6) is 0.627. The third-order valence-corrected chi connectivity index (χ3v) is 5.36. The van der Waals surface area contributed by atoms with Crippen LogP contribution in [0.15, 0.2) is 22.7 Å². The van der Waals surface area contributed by atoms with Crippen LogP contribution in [0.1, 0.15) is 12.0 Å². The maximum atomic E-state index is 12.5. The van der Waals surface area contributed by atoms with Crippen LogP contribution in [-0.2, 0) is 16.1 Å². The Kier molecular flexibility index (Phi) is 5.10. The van der Waals surface area contributed by atoms with Gasteiger partial charge in [-0.05, 0) is 40.0 Å². The lowest BCUT2D eigenvalue weighted by molar-refractivity contribution is -0.136. The molecule has 24 heavy (non-hydrogen) atoms. The molecular weight excluding hydrogens is 374 g/mol. The van der Waals surface area contributed by atoms with Gasteiger partial charge >= 0.3 is 0 Å². The molecule has 7 heteroatoms. The summed E-state index contributed by atoms with van der Waals surface area (Å²) in [5, 5.41) is 3.00. The number of hydrogen-bond donors (Lipinski definition) is 1. The fourth-order valence-electron chi connectivity index (χ4n) is 3.48. The van der Waals surface area contributed by atoms with Gasteiger partial charge in [-0.3, -0.25) is 14.5 Å². The largest absolute Gasteiger partial charge is 0.496 e. The number of likely N-dealkylation sites (tertiary alicyclic amines) is 1. The smallest absolute Gasteiger partial charge is 0.239 e. The first kappa shape index (κ1) is 17.2. The highest BCUT2D eigenvalue weighted by Gasteiger charge is 2.39. The highest BCUT2D eigenvalue weighted by atomic mass is 79.9. The molecule has 130 valence electrons. The van der Waals surface area contributed by atoms with Gasteiger partial charge < -0.3 is 15.0 Å².